The van der Waals surface area contributed by atoms with E-state index in [0.29, 0.717) is 5.92 Å². The molecule has 3 rings (SSSR count). The fraction of sp³-hybridized carbons (Fsp3) is 0.750. The first-order valence-electron chi connectivity index (χ1n) is 6.11. The summed E-state index contributed by atoms with van der Waals surface area (Å²) in [5, 5.41) is 3.74. The topological polar surface area (TPSA) is 40.7 Å². The van der Waals surface area contributed by atoms with Crippen molar-refractivity contribution in [1.82, 2.24) is 15.3 Å². The maximum Gasteiger partial charge on any atom is 0.0926 e. The van der Waals surface area contributed by atoms with E-state index in [4.69, 9.17) is 0 Å². The number of rotatable bonds is 0. The van der Waals surface area contributed by atoms with Crippen LogP contribution >= 0.6 is 0 Å². The molecule has 0 radical (unpaired) electrons. The van der Waals surface area contributed by atoms with Gasteiger partial charge in [0.25, 0.3) is 0 Å². The van der Waals surface area contributed by atoms with E-state index in [1.165, 1.54) is 37.1 Å². The quantitative estimate of drug-likeness (QED) is 0.679. The lowest BCUT2D eigenvalue weighted by Crippen LogP contribution is -2.53. The number of fused-ring (bicyclic) bond motifs is 2. The van der Waals surface area contributed by atoms with E-state index in [-0.39, 0.29) is 5.54 Å². The van der Waals surface area contributed by atoms with Gasteiger partial charge in [-0.3, -0.25) is 0 Å². The SMILES string of the molecule is C[C@@H]1CCCC[C@]12NCCc1[nH]cnc12. The lowest BCUT2D eigenvalue weighted by Gasteiger charge is -2.45. The third-order valence-electron chi connectivity index (χ3n) is 4.26. The monoisotopic (exact) mass is 205 g/mol. The molecule has 2 atom stereocenters. The minimum Gasteiger partial charge on any atom is -0.348 e. The normalized spacial score (nSPS) is 35.4. The molecule has 0 amide bonds. The van der Waals surface area contributed by atoms with Gasteiger partial charge in [-0.1, -0.05) is 19.8 Å². The molecule has 0 bridgehead atoms. The molecule has 82 valence electrons. The van der Waals surface area contributed by atoms with Crippen LogP contribution in [0.3, 0.4) is 0 Å². The zero-order valence-corrected chi connectivity index (χ0v) is 9.34. The van der Waals surface area contributed by atoms with Crippen molar-refractivity contribution in [3.05, 3.63) is 17.7 Å². The maximum atomic E-state index is 4.57. The average Bonchev–Trinajstić information content (AvgIpc) is 2.72. The van der Waals surface area contributed by atoms with Crippen molar-refractivity contribution in [3.63, 3.8) is 0 Å². The minimum absolute atomic E-state index is 0.186. The van der Waals surface area contributed by atoms with Gasteiger partial charge in [0.05, 0.1) is 17.6 Å². The highest BCUT2D eigenvalue weighted by Gasteiger charge is 2.44. The van der Waals surface area contributed by atoms with Gasteiger partial charge in [0.1, 0.15) is 0 Å². The van der Waals surface area contributed by atoms with Gasteiger partial charge in [-0.05, 0) is 18.8 Å². The van der Waals surface area contributed by atoms with Crippen molar-refractivity contribution >= 4 is 0 Å². The first-order valence-corrected chi connectivity index (χ1v) is 6.11. The fourth-order valence-corrected chi connectivity index (χ4v) is 3.35. The van der Waals surface area contributed by atoms with Crippen molar-refractivity contribution in [1.29, 1.82) is 0 Å². The lowest BCUT2D eigenvalue weighted by molar-refractivity contribution is 0.141. The highest BCUT2D eigenvalue weighted by atomic mass is 15.1. The molecule has 2 N–H and O–H groups in total. The molecule has 2 aliphatic rings. The van der Waals surface area contributed by atoms with E-state index in [1.807, 2.05) is 6.33 Å². The van der Waals surface area contributed by atoms with Crippen LogP contribution in [0, 0.1) is 5.92 Å². The summed E-state index contributed by atoms with van der Waals surface area (Å²) in [6, 6.07) is 0. The molecule has 1 aromatic rings. The Morgan fingerprint density at radius 3 is 3.27 bits per heavy atom. The summed E-state index contributed by atoms with van der Waals surface area (Å²) in [4.78, 5) is 7.86. The zero-order chi connectivity index (χ0) is 10.3. The highest BCUT2D eigenvalue weighted by Crippen LogP contribution is 2.43. The Kier molecular flexibility index (Phi) is 2.09. The Morgan fingerprint density at radius 2 is 2.40 bits per heavy atom. The Bertz CT molecular complexity index is 358. The zero-order valence-electron chi connectivity index (χ0n) is 9.34. The summed E-state index contributed by atoms with van der Waals surface area (Å²) in [6.07, 6.45) is 8.27. The summed E-state index contributed by atoms with van der Waals surface area (Å²) < 4.78 is 0. The number of aromatic nitrogens is 2. The molecular weight excluding hydrogens is 186 g/mol. The van der Waals surface area contributed by atoms with Crippen molar-refractivity contribution in [2.24, 2.45) is 5.92 Å². The molecule has 3 heteroatoms. The number of H-pyrrole nitrogens is 1. The second kappa shape index (κ2) is 3.34. The van der Waals surface area contributed by atoms with Crippen LogP contribution in [0.1, 0.15) is 44.0 Å². The van der Waals surface area contributed by atoms with Gasteiger partial charge in [-0.15, -0.1) is 0 Å². The first-order chi connectivity index (χ1) is 7.33. The summed E-state index contributed by atoms with van der Waals surface area (Å²) in [6.45, 7) is 3.47. The van der Waals surface area contributed by atoms with Crippen LogP contribution in [0.2, 0.25) is 0 Å². The molecule has 3 nitrogen and oxygen atoms in total. The molecule has 0 unspecified atom stereocenters. The Morgan fingerprint density at radius 1 is 1.47 bits per heavy atom. The molecule has 1 spiro atoms. The van der Waals surface area contributed by atoms with Crippen LogP contribution in [0.5, 0.6) is 0 Å². The van der Waals surface area contributed by atoms with E-state index in [9.17, 15) is 0 Å². The van der Waals surface area contributed by atoms with Crippen molar-refractivity contribution in [2.45, 2.75) is 44.6 Å². The molecule has 1 aliphatic heterocycles. The Labute approximate surface area is 90.7 Å². The second-order valence-electron chi connectivity index (χ2n) is 5.02. The fourth-order valence-electron chi connectivity index (χ4n) is 3.35. The predicted molar refractivity (Wildman–Crippen MR) is 59.6 cm³/mol. The van der Waals surface area contributed by atoms with Gasteiger partial charge in [-0.25, -0.2) is 4.98 Å². The van der Waals surface area contributed by atoms with E-state index in [1.54, 1.807) is 0 Å². The minimum atomic E-state index is 0.186. The van der Waals surface area contributed by atoms with Crippen molar-refractivity contribution in [3.8, 4) is 0 Å². The van der Waals surface area contributed by atoms with Crippen LogP contribution in [-0.2, 0) is 12.0 Å². The maximum absolute atomic E-state index is 4.57. The molecular formula is C12H19N3. The van der Waals surface area contributed by atoms with Gasteiger partial charge in [-0.2, -0.15) is 0 Å². The number of aromatic amines is 1. The smallest absolute Gasteiger partial charge is 0.0926 e. The van der Waals surface area contributed by atoms with Crippen LogP contribution in [0.25, 0.3) is 0 Å². The molecule has 1 aromatic heterocycles. The van der Waals surface area contributed by atoms with Crippen LogP contribution < -0.4 is 5.32 Å². The second-order valence-corrected chi connectivity index (χ2v) is 5.02. The number of nitrogens with one attached hydrogen (secondary N) is 2. The molecule has 1 aliphatic carbocycles. The van der Waals surface area contributed by atoms with Crippen molar-refractivity contribution < 1.29 is 0 Å². The van der Waals surface area contributed by atoms with Gasteiger partial charge < -0.3 is 10.3 Å². The molecule has 1 saturated carbocycles. The number of hydrogen-bond acceptors (Lipinski definition) is 2. The standard InChI is InChI=1S/C12H19N3/c1-9-4-2-3-6-12(9)11-10(5-7-15-12)13-8-14-11/h8-9,15H,2-7H2,1H3,(H,13,14)/t9-,12+/m1/s1. The summed E-state index contributed by atoms with van der Waals surface area (Å²) >= 11 is 0. The van der Waals surface area contributed by atoms with Gasteiger partial charge >= 0.3 is 0 Å². The third kappa shape index (κ3) is 1.26. The number of hydrogen-bond donors (Lipinski definition) is 2. The van der Waals surface area contributed by atoms with E-state index in [0.717, 1.165) is 13.0 Å². The largest absolute Gasteiger partial charge is 0.348 e. The molecule has 0 saturated heterocycles. The average molecular weight is 205 g/mol. The first kappa shape index (κ1) is 9.40. The van der Waals surface area contributed by atoms with Gasteiger partial charge in [0.15, 0.2) is 0 Å². The van der Waals surface area contributed by atoms with Crippen LogP contribution in [0.4, 0.5) is 0 Å². The van der Waals surface area contributed by atoms with E-state index in [2.05, 4.69) is 22.2 Å². The van der Waals surface area contributed by atoms with Crippen LogP contribution in [-0.4, -0.2) is 16.5 Å². The van der Waals surface area contributed by atoms with Gasteiger partial charge in [0.2, 0.25) is 0 Å². The Hall–Kier alpha value is -0.830. The molecule has 15 heavy (non-hydrogen) atoms. The van der Waals surface area contributed by atoms with Crippen LogP contribution in [0.15, 0.2) is 6.33 Å². The number of imidazole rings is 1. The molecule has 0 aromatic carbocycles. The third-order valence-corrected chi connectivity index (χ3v) is 4.26. The Balaban J connectivity index is 2.05. The summed E-state index contributed by atoms with van der Waals surface area (Å²) in [5.41, 5.74) is 2.86. The van der Waals surface area contributed by atoms with Crippen molar-refractivity contribution in [2.75, 3.05) is 6.54 Å². The van der Waals surface area contributed by atoms with E-state index < -0.39 is 0 Å². The summed E-state index contributed by atoms with van der Waals surface area (Å²) in [7, 11) is 0. The van der Waals surface area contributed by atoms with Gasteiger partial charge in [0, 0.05) is 18.7 Å². The highest BCUT2D eigenvalue weighted by molar-refractivity contribution is 5.26. The number of nitrogens with zero attached hydrogens (tertiary/aromatic N) is 1. The molecule has 2 heterocycles. The van der Waals surface area contributed by atoms with E-state index >= 15 is 0 Å². The molecule has 1 fully saturated rings. The summed E-state index contributed by atoms with van der Waals surface area (Å²) in [5.74, 6) is 0.716. The predicted octanol–water partition coefficient (Wildman–Crippen LogP) is 1.96. The lowest BCUT2D eigenvalue weighted by atomic mass is 9.70.